The third-order valence-corrected chi connectivity index (χ3v) is 3.60. The summed E-state index contributed by atoms with van der Waals surface area (Å²) in [6.07, 6.45) is 0.772. The van der Waals surface area contributed by atoms with E-state index in [0.717, 1.165) is 23.1 Å². The first-order valence-corrected chi connectivity index (χ1v) is 7.31. The molecule has 1 N–H and O–H groups in total. The number of carbonyl (C=O) groups excluding carboxylic acids is 1. The van der Waals surface area contributed by atoms with Crippen LogP contribution in [0.4, 0.5) is 0 Å². The molecule has 0 spiro atoms. The number of methoxy groups -OCH3 is 1. The lowest BCUT2D eigenvalue weighted by Gasteiger charge is -2.09. The number of carbonyl (C=O) groups is 1. The topological polar surface area (TPSA) is 38.3 Å². The summed E-state index contributed by atoms with van der Waals surface area (Å²) >= 11 is 6.64. The molecule has 0 unspecified atom stereocenters. The van der Waals surface area contributed by atoms with Crippen molar-refractivity contribution in [1.82, 2.24) is 5.32 Å². The molecule has 17 heavy (non-hydrogen) atoms. The van der Waals surface area contributed by atoms with Crippen molar-refractivity contribution in [1.29, 1.82) is 0 Å². The maximum absolute atomic E-state index is 11.6. The molecule has 1 amide bonds. The molecule has 1 atom stereocenters. The SMILES string of the molecule is COc1ccc(CNC(=O)[C@@H](Br)CCBr)cc1. The van der Waals surface area contributed by atoms with Crippen molar-refractivity contribution < 1.29 is 9.53 Å². The first-order valence-electron chi connectivity index (χ1n) is 5.28. The summed E-state index contributed by atoms with van der Waals surface area (Å²) in [5.41, 5.74) is 1.05. The number of alkyl halides is 2. The van der Waals surface area contributed by atoms with E-state index in [1.54, 1.807) is 7.11 Å². The highest BCUT2D eigenvalue weighted by Crippen LogP contribution is 2.12. The van der Waals surface area contributed by atoms with Crippen molar-refractivity contribution in [2.45, 2.75) is 17.8 Å². The number of rotatable bonds is 6. The quantitative estimate of drug-likeness (QED) is 0.788. The Morgan fingerprint density at radius 3 is 2.59 bits per heavy atom. The van der Waals surface area contributed by atoms with Gasteiger partial charge in [0.2, 0.25) is 5.91 Å². The maximum Gasteiger partial charge on any atom is 0.234 e. The minimum Gasteiger partial charge on any atom is -0.497 e. The van der Waals surface area contributed by atoms with Gasteiger partial charge in [0.05, 0.1) is 11.9 Å². The molecule has 1 rings (SSSR count). The number of nitrogens with one attached hydrogen (secondary N) is 1. The van der Waals surface area contributed by atoms with Crippen LogP contribution in [-0.4, -0.2) is 23.2 Å². The van der Waals surface area contributed by atoms with Gasteiger partial charge < -0.3 is 10.1 Å². The molecule has 0 saturated carbocycles. The van der Waals surface area contributed by atoms with Crippen LogP contribution in [0.5, 0.6) is 5.75 Å². The van der Waals surface area contributed by atoms with E-state index in [0.29, 0.717) is 6.54 Å². The number of halogens is 2. The Morgan fingerprint density at radius 2 is 2.06 bits per heavy atom. The smallest absolute Gasteiger partial charge is 0.234 e. The summed E-state index contributed by atoms with van der Waals surface area (Å²) in [6, 6.07) is 7.64. The lowest BCUT2D eigenvalue weighted by molar-refractivity contribution is -0.120. The normalized spacial score (nSPS) is 11.9. The van der Waals surface area contributed by atoms with Gasteiger partial charge in [-0.1, -0.05) is 44.0 Å². The van der Waals surface area contributed by atoms with Crippen LogP contribution in [0.25, 0.3) is 0 Å². The predicted octanol–water partition coefficient (Wildman–Crippen LogP) is 2.86. The van der Waals surface area contributed by atoms with Crippen molar-refractivity contribution in [2.75, 3.05) is 12.4 Å². The number of ether oxygens (including phenoxy) is 1. The second kappa shape index (κ2) is 7.71. The molecule has 0 fully saturated rings. The molecule has 0 aromatic heterocycles. The van der Waals surface area contributed by atoms with Crippen LogP contribution in [0.15, 0.2) is 24.3 Å². The molecule has 94 valence electrons. The summed E-state index contributed by atoms with van der Waals surface area (Å²) in [7, 11) is 1.63. The van der Waals surface area contributed by atoms with E-state index in [2.05, 4.69) is 37.2 Å². The molecule has 0 aliphatic carbocycles. The Morgan fingerprint density at radius 1 is 1.41 bits per heavy atom. The summed E-state index contributed by atoms with van der Waals surface area (Å²) in [5, 5.41) is 3.68. The van der Waals surface area contributed by atoms with E-state index >= 15 is 0 Å². The van der Waals surface area contributed by atoms with Gasteiger partial charge in [0.25, 0.3) is 0 Å². The van der Waals surface area contributed by atoms with Gasteiger partial charge in [-0.05, 0) is 24.1 Å². The Bertz CT molecular complexity index is 354. The average molecular weight is 365 g/mol. The molecule has 0 bridgehead atoms. The highest BCUT2D eigenvalue weighted by atomic mass is 79.9. The second-order valence-corrected chi connectivity index (χ2v) is 5.41. The number of benzene rings is 1. The molecule has 0 aliphatic heterocycles. The zero-order chi connectivity index (χ0) is 12.7. The molecular formula is C12H15Br2NO2. The molecule has 0 heterocycles. The first kappa shape index (κ1) is 14.5. The fraction of sp³-hybridized carbons (Fsp3) is 0.417. The molecule has 5 heteroatoms. The van der Waals surface area contributed by atoms with E-state index in [9.17, 15) is 4.79 Å². The van der Waals surface area contributed by atoms with Gasteiger partial charge in [-0.15, -0.1) is 0 Å². The van der Waals surface area contributed by atoms with Crippen LogP contribution in [0.3, 0.4) is 0 Å². The van der Waals surface area contributed by atoms with E-state index in [1.165, 1.54) is 0 Å². The average Bonchev–Trinajstić information content (AvgIpc) is 2.36. The molecule has 1 aromatic rings. The van der Waals surface area contributed by atoms with E-state index < -0.39 is 0 Å². The maximum atomic E-state index is 11.6. The highest BCUT2D eigenvalue weighted by molar-refractivity contribution is 9.10. The molecular weight excluding hydrogens is 350 g/mol. The lowest BCUT2D eigenvalue weighted by Crippen LogP contribution is -2.30. The highest BCUT2D eigenvalue weighted by Gasteiger charge is 2.12. The number of amides is 1. The van der Waals surface area contributed by atoms with Crippen LogP contribution in [-0.2, 0) is 11.3 Å². The van der Waals surface area contributed by atoms with Gasteiger partial charge in [-0.25, -0.2) is 0 Å². The van der Waals surface area contributed by atoms with Crippen LogP contribution in [0.2, 0.25) is 0 Å². The monoisotopic (exact) mass is 363 g/mol. The van der Waals surface area contributed by atoms with Gasteiger partial charge in [-0.3, -0.25) is 4.79 Å². The molecule has 1 aromatic carbocycles. The Hall–Kier alpha value is -0.550. The zero-order valence-corrected chi connectivity index (χ0v) is 12.8. The van der Waals surface area contributed by atoms with Crippen LogP contribution in [0.1, 0.15) is 12.0 Å². The lowest BCUT2D eigenvalue weighted by atomic mass is 10.2. The predicted molar refractivity (Wildman–Crippen MR) is 76.0 cm³/mol. The van der Waals surface area contributed by atoms with Crippen molar-refractivity contribution in [3.63, 3.8) is 0 Å². The van der Waals surface area contributed by atoms with Gasteiger partial charge in [-0.2, -0.15) is 0 Å². The van der Waals surface area contributed by atoms with Crippen LogP contribution < -0.4 is 10.1 Å². The Balaban J connectivity index is 2.41. The minimum absolute atomic E-state index is 0.0141. The standard InChI is InChI=1S/C12H15Br2NO2/c1-17-10-4-2-9(3-5-10)8-15-12(16)11(14)6-7-13/h2-5,11H,6-8H2,1H3,(H,15,16)/t11-/m0/s1. The summed E-state index contributed by atoms with van der Waals surface area (Å²) in [5.74, 6) is 0.831. The molecule has 0 saturated heterocycles. The largest absolute Gasteiger partial charge is 0.497 e. The molecule has 3 nitrogen and oxygen atoms in total. The van der Waals surface area contributed by atoms with Gasteiger partial charge in [0.1, 0.15) is 5.75 Å². The summed E-state index contributed by atoms with van der Waals surface area (Å²) in [6.45, 7) is 0.535. The Labute approximate surface area is 118 Å². The van der Waals surface area contributed by atoms with Crippen molar-refractivity contribution >= 4 is 37.8 Å². The third kappa shape index (κ3) is 5.08. The van der Waals surface area contributed by atoms with Crippen molar-refractivity contribution in [2.24, 2.45) is 0 Å². The minimum atomic E-state index is -0.139. The van der Waals surface area contributed by atoms with Crippen LogP contribution in [0, 0.1) is 0 Å². The van der Waals surface area contributed by atoms with Gasteiger partial charge >= 0.3 is 0 Å². The molecule has 0 aliphatic rings. The third-order valence-electron chi connectivity index (χ3n) is 2.27. The number of hydrogen-bond donors (Lipinski definition) is 1. The van der Waals surface area contributed by atoms with Crippen molar-refractivity contribution in [3.05, 3.63) is 29.8 Å². The van der Waals surface area contributed by atoms with Gasteiger partial charge in [0, 0.05) is 11.9 Å². The van der Waals surface area contributed by atoms with Gasteiger partial charge in [0.15, 0.2) is 0 Å². The van der Waals surface area contributed by atoms with E-state index in [-0.39, 0.29) is 10.7 Å². The fourth-order valence-electron chi connectivity index (χ4n) is 1.27. The van der Waals surface area contributed by atoms with Crippen LogP contribution >= 0.6 is 31.9 Å². The Kier molecular flexibility index (Phi) is 6.58. The fourth-order valence-corrected chi connectivity index (χ4v) is 2.73. The first-order chi connectivity index (χ1) is 8.17. The zero-order valence-electron chi connectivity index (χ0n) is 9.58. The summed E-state index contributed by atoms with van der Waals surface area (Å²) in [4.78, 5) is 11.5. The second-order valence-electron chi connectivity index (χ2n) is 3.51. The summed E-state index contributed by atoms with van der Waals surface area (Å²) < 4.78 is 5.06. The number of hydrogen-bond acceptors (Lipinski definition) is 2. The van der Waals surface area contributed by atoms with Crippen molar-refractivity contribution in [3.8, 4) is 5.75 Å². The van der Waals surface area contributed by atoms with E-state index in [4.69, 9.17) is 4.74 Å². The molecule has 0 radical (unpaired) electrons. The van der Waals surface area contributed by atoms with E-state index in [1.807, 2.05) is 24.3 Å².